The van der Waals surface area contributed by atoms with Gasteiger partial charge in [0.2, 0.25) is 0 Å². The summed E-state index contributed by atoms with van der Waals surface area (Å²) in [6.07, 6.45) is 3.41. The van der Waals surface area contributed by atoms with Crippen molar-refractivity contribution >= 4 is 52.6 Å². The van der Waals surface area contributed by atoms with Gasteiger partial charge in [-0.2, -0.15) is 0 Å². The van der Waals surface area contributed by atoms with Crippen molar-refractivity contribution < 1.29 is 14.7 Å². The molecule has 0 aromatic heterocycles. The summed E-state index contributed by atoms with van der Waals surface area (Å²) in [5.74, 6) is -1.17. The van der Waals surface area contributed by atoms with Crippen LogP contribution in [-0.2, 0) is 21.4 Å². The van der Waals surface area contributed by atoms with Gasteiger partial charge in [-0.05, 0) is 59.9 Å². The van der Waals surface area contributed by atoms with Gasteiger partial charge in [0.05, 0.1) is 5.41 Å². The second kappa shape index (κ2) is 10.8. The molecule has 0 aliphatic rings. The first-order valence-corrected chi connectivity index (χ1v) is 11.1. The van der Waals surface area contributed by atoms with Crippen LogP contribution in [0, 0.1) is 0 Å². The number of aliphatic carboxylic acids is 1. The molecule has 0 amide bonds. The molecule has 0 aliphatic heterocycles. The van der Waals surface area contributed by atoms with Gasteiger partial charge in [0.1, 0.15) is 0 Å². The number of carboxylic acid groups (broad SMARTS) is 1. The zero-order chi connectivity index (χ0) is 23.1. The van der Waals surface area contributed by atoms with E-state index < -0.39 is 11.4 Å². The Labute approximate surface area is 202 Å². The van der Waals surface area contributed by atoms with E-state index in [1.54, 1.807) is 36.4 Å². The Balaban J connectivity index is 2.08. The molecule has 164 valence electrons. The van der Waals surface area contributed by atoms with Crippen molar-refractivity contribution in [3.8, 4) is 0 Å². The fourth-order valence-corrected chi connectivity index (χ4v) is 4.26. The number of carbonyl (C=O) groups is 2. The Bertz CT molecular complexity index is 1120. The quantitative estimate of drug-likeness (QED) is 0.323. The molecule has 0 saturated carbocycles. The summed E-state index contributed by atoms with van der Waals surface area (Å²) in [4.78, 5) is 25.2. The predicted molar refractivity (Wildman–Crippen MR) is 131 cm³/mol. The zero-order valence-corrected chi connectivity index (χ0v) is 19.4. The molecule has 1 N–H and O–H groups in total. The second-order valence-electron chi connectivity index (χ2n) is 7.50. The third-order valence-corrected chi connectivity index (χ3v) is 6.21. The highest BCUT2D eigenvalue weighted by Gasteiger charge is 2.39. The maximum Gasteiger partial charge on any atom is 0.303 e. The molecular weight excluding hydrogens is 467 g/mol. The van der Waals surface area contributed by atoms with Crippen molar-refractivity contribution in [3.63, 3.8) is 0 Å². The minimum atomic E-state index is -1.11. The van der Waals surface area contributed by atoms with Crippen molar-refractivity contribution in [1.29, 1.82) is 0 Å². The molecule has 0 heterocycles. The van der Waals surface area contributed by atoms with Gasteiger partial charge in [-0.15, -0.1) is 0 Å². The van der Waals surface area contributed by atoms with Crippen LogP contribution in [0.25, 0.3) is 6.08 Å². The maximum absolute atomic E-state index is 13.7. The Morgan fingerprint density at radius 2 is 1.53 bits per heavy atom. The second-order valence-corrected chi connectivity index (χ2v) is 8.78. The van der Waals surface area contributed by atoms with Gasteiger partial charge in [-0.1, -0.05) is 89.4 Å². The van der Waals surface area contributed by atoms with Crippen LogP contribution in [0.2, 0.25) is 15.1 Å². The molecule has 32 heavy (non-hydrogen) atoms. The van der Waals surface area contributed by atoms with Gasteiger partial charge < -0.3 is 5.11 Å². The van der Waals surface area contributed by atoms with E-state index in [0.29, 0.717) is 15.1 Å². The molecule has 3 aromatic rings. The van der Waals surface area contributed by atoms with Crippen LogP contribution in [0.4, 0.5) is 0 Å². The Kier molecular flexibility index (Phi) is 8.14. The average Bonchev–Trinajstić information content (AvgIpc) is 2.78. The van der Waals surface area contributed by atoms with E-state index in [2.05, 4.69) is 0 Å². The van der Waals surface area contributed by atoms with E-state index in [9.17, 15) is 14.7 Å². The molecular formula is C26H21Cl3O3. The molecule has 3 aromatic carbocycles. The monoisotopic (exact) mass is 486 g/mol. The number of carboxylic acids is 1. The van der Waals surface area contributed by atoms with Crippen LogP contribution in [-0.4, -0.2) is 16.9 Å². The topological polar surface area (TPSA) is 54.4 Å². The van der Waals surface area contributed by atoms with Gasteiger partial charge in [0.15, 0.2) is 5.78 Å². The molecule has 3 rings (SSSR count). The Morgan fingerprint density at radius 3 is 2.16 bits per heavy atom. The first-order chi connectivity index (χ1) is 15.3. The first-order valence-electron chi connectivity index (χ1n) is 9.99. The highest BCUT2D eigenvalue weighted by molar-refractivity contribution is 6.35. The number of rotatable bonds is 9. The predicted octanol–water partition coefficient (Wildman–Crippen LogP) is 7.27. The van der Waals surface area contributed by atoms with E-state index in [0.717, 1.165) is 16.7 Å². The lowest BCUT2D eigenvalue weighted by Crippen LogP contribution is -2.38. The van der Waals surface area contributed by atoms with Crippen molar-refractivity contribution in [2.75, 3.05) is 0 Å². The molecule has 3 nitrogen and oxygen atoms in total. The molecule has 0 spiro atoms. The van der Waals surface area contributed by atoms with Crippen molar-refractivity contribution in [3.05, 3.63) is 111 Å². The number of halogens is 3. The average molecular weight is 488 g/mol. The maximum atomic E-state index is 13.7. The third-order valence-electron chi connectivity index (χ3n) is 5.37. The van der Waals surface area contributed by atoms with Gasteiger partial charge >= 0.3 is 5.97 Å². The van der Waals surface area contributed by atoms with E-state index in [1.165, 1.54) is 6.08 Å². The molecule has 0 radical (unpaired) electrons. The van der Waals surface area contributed by atoms with Gasteiger partial charge in [0, 0.05) is 21.5 Å². The summed E-state index contributed by atoms with van der Waals surface area (Å²) >= 11 is 18.4. The van der Waals surface area contributed by atoms with Crippen LogP contribution >= 0.6 is 34.8 Å². The zero-order valence-electron chi connectivity index (χ0n) is 17.1. The fraction of sp³-hybridized carbons (Fsp3) is 0.154. The number of allylic oxidation sites excluding steroid dienone is 1. The van der Waals surface area contributed by atoms with Crippen LogP contribution in [0.1, 0.15) is 29.5 Å². The fourth-order valence-electron chi connectivity index (χ4n) is 3.66. The lowest BCUT2D eigenvalue weighted by molar-refractivity contribution is -0.137. The first kappa shape index (κ1) is 24.1. The van der Waals surface area contributed by atoms with Crippen LogP contribution in [0.3, 0.4) is 0 Å². The van der Waals surface area contributed by atoms with Crippen LogP contribution in [0.5, 0.6) is 0 Å². The molecule has 6 heteroatoms. The van der Waals surface area contributed by atoms with E-state index in [-0.39, 0.29) is 25.0 Å². The number of benzene rings is 3. The largest absolute Gasteiger partial charge is 0.481 e. The number of hydrogen-bond donors (Lipinski definition) is 1. The Morgan fingerprint density at radius 1 is 0.875 bits per heavy atom. The van der Waals surface area contributed by atoms with Crippen molar-refractivity contribution in [2.24, 2.45) is 0 Å². The molecule has 0 aliphatic carbocycles. The van der Waals surface area contributed by atoms with Gasteiger partial charge in [0.25, 0.3) is 0 Å². The van der Waals surface area contributed by atoms with Crippen molar-refractivity contribution in [2.45, 2.75) is 24.7 Å². The minimum Gasteiger partial charge on any atom is -0.481 e. The SMILES string of the molecule is O=C(O)CCC(Cc1ccc(Cl)cc1Cl)(C(=O)/C=C/c1ccc(Cl)cc1)c1ccccc1. The van der Waals surface area contributed by atoms with Crippen LogP contribution in [0.15, 0.2) is 78.9 Å². The summed E-state index contributed by atoms with van der Waals surface area (Å²) in [5.41, 5.74) is 1.16. The standard InChI is InChI=1S/C26H21Cl3O3/c27-21-10-6-18(7-11-21)8-13-24(30)26(15-14-25(31)32,20-4-2-1-3-5-20)17-19-9-12-22(28)16-23(19)29/h1-13,16H,14-15,17H2,(H,31,32)/b13-8+. The van der Waals surface area contributed by atoms with Gasteiger partial charge in [-0.25, -0.2) is 0 Å². The molecule has 0 bridgehead atoms. The summed E-state index contributed by atoms with van der Waals surface area (Å²) in [5, 5.41) is 10.9. The summed E-state index contributed by atoms with van der Waals surface area (Å²) in [7, 11) is 0. The molecule has 0 saturated heterocycles. The molecule has 0 fully saturated rings. The summed E-state index contributed by atoms with van der Waals surface area (Å²) < 4.78 is 0. The highest BCUT2D eigenvalue weighted by Crippen LogP contribution is 2.37. The Hall–Kier alpha value is -2.59. The minimum absolute atomic E-state index is 0.120. The smallest absolute Gasteiger partial charge is 0.303 e. The molecule has 1 atom stereocenters. The lowest BCUT2D eigenvalue weighted by Gasteiger charge is -2.32. The van der Waals surface area contributed by atoms with E-state index in [1.807, 2.05) is 42.5 Å². The van der Waals surface area contributed by atoms with Gasteiger partial charge in [-0.3, -0.25) is 9.59 Å². The van der Waals surface area contributed by atoms with Crippen LogP contribution < -0.4 is 0 Å². The van der Waals surface area contributed by atoms with E-state index >= 15 is 0 Å². The lowest BCUT2D eigenvalue weighted by atomic mass is 9.69. The third kappa shape index (κ3) is 6.01. The highest BCUT2D eigenvalue weighted by atomic mass is 35.5. The number of hydrogen-bond acceptors (Lipinski definition) is 2. The van der Waals surface area contributed by atoms with Crippen molar-refractivity contribution in [1.82, 2.24) is 0 Å². The number of carbonyl (C=O) groups excluding carboxylic acids is 1. The molecule has 1 unspecified atom stereocenters. The summed E-state index contributed by atoms with van der Waals surface area (Å²) in [6.45, 7) is 0. The summed E-state index contributed by atoms with van der Waals surface area (Å²) in [6, 6.07) is 21.4. The number of ketones is 1. The van der Waals surface area contributed by atoms with E-state index in [4.69, 9.17) is 34.8 Å². The normalized spacial score (nSPS) is 13.1.